The molecule has 0 aromatic rings. The summed E-state index contributed by atoms with van der Waals surface area (Å²) in [4.78, 5) is 0. The molecule has 2 aliphatic rings. The van der Waals surface area contributed by atoms with E-state index < -0.39 is 17.0 Å². The van der Waals surface area contributed by atoms with E-state index in [0.29, 0.717) is 0 Å². The number of hydrogen-bond acceptors (Lipinski definition) is 6. The summed E-state index contributed by atoms with van der Waals surface area (Å²) < 4.78 is 37.3. The maximum absolute atomic E-state index is 11.3. The highest BCUT2D eigenvalue weighted by Gasteiger charge is 2.46. The molecule has 0 saturated heterocycles. The molecule has 0 spiro atoms. The largest absolute Gasteiger partial charge is 0.750 e. The summed E-state index contributed by atoms with van der Waals surface area (Å²) in [7, 11) is 3.43. The second-order valence-electron chi connectivity index (χ2n) is 6.88. The van der Waals surface area contributed by atoms with Gasteiger partial charge in [-0.05, 0) is 63.2 Å². The fourth-order valence-electron chi connectivity index (χ4n) is 4.31. The third kappa shape index (κ3) is 4.96. The predicted octanol–water partition coefficient (Wildman–Crippen LogP) is 1.94. The van der Waals surface area contributed by atoms with Crippen LogP contribution in [0.1, 0.15) is 51.4 Å². The predicted molar refractivity (Wildman–Crippen MR) is 85.3 cm³/mol. The van der Waals surface area contributed by atoms with E-state index in [1.54, 1.807) is 14.2 Å². The summed E-state index contributed by atoms with van der Waals surface area (Å²) in [6, 6.07) is 0. The van der Waals surface area contributed by atoms with Crippen molar-refractivity contribution in [3.63, 3.8) is 0 Å². The average Bonchev–Trinajstić information content (AvgIpc) is 2.59. The van der Waals surface area contributed by atoms with Crippen LogP contribution >= 0.6 is 0 Å². The van der Waals surface area contributed by atoms with E-state index in [-0.39, 0.29) is 30.7 Å². The van der Waals surface area contributed by atoms with Crippen molar-refractivity contribution >= 4 is 11.4 Å². The Morgan fingerprint density at radius 3 is 1.65 bits per heavy atom. The monoisotopic (exact) mass is 349 g/mol. The molecular formula is C16H29O6S-. The maximum atomic E-state index is 11.3. The summed E-state index contributed by atoms with van der Waals surface area (Å²) in [5.74, 6) is 0.114. The lowest BCUT2D eigenvalue weighted by atomic mass is 9.66. The molecular weight excluding hydrogens is 320 g/mol. The van der Waals surface area contributed by atoms with Crippen LogP contribution in [0.25, 0.3) is 0 Å². The van der Waals surface area contributed by atoms with Gasteiger partial charge >= 0.3 is 0 Å². The molecule has 0 aromatic carbocycles. The lowest BCUT2D eigenvalue weighted by Gasteiger charge is -2.46. The summed E-state index contributed by atoms with van der Waals surface area (Å²) in [6.07, 6.45) is 7.46. The van der Waals surface area contributed by atoms with E-state index in [4.69, 9.17) is 13.7 Å². The Labute approximate surface area is 141 Å². The molecule has 2 saturated carbocycles. The molecule has 6 nitrogen and oxygen atoms in total. The van der Waals surface area contributed by atoms with E-state index >= 15 is 0 Å². The minimum Gasteiger partial charge on any atom is -0.750 e. The van der Waals surface area contributed by atoms with Crippen molar-refractivity contribution in [1.82, 2.24) is 0 Å². The zero-order valence-electron chi connectivity index (χ0n) is 14.1. The average molecular weight is 349 g/mol. The number of aliphatic hydroxyl groups is 1. The first-order valence-electron chi connectivity index (χ1n) is 8.50. The van der Waals surface area contributed by atoms with Gasteiger partial charge in [0.25, 0.3) is 0 Å². The van der Waals surface area contributed by atoms with Gasteiger partial charge in [0.15, 0.2) is 0 Å². The highest BCUT2D eigenvalue weighted by Crippen LogP contribution is 2.43. The smallest absolute Gasteiger partial charge is 0.0949 e. The summed E-state index contributed by atoms with van der Waals surface area (Å²) in [6.45, 7) is -0.145. The molecule has 2 aliphatic carbocycles. The van der Waals surface area contributed by atoms with Crippen LogP contribution in [-0.4, -0.2) is 52.5 Å². The summed E-state index contributed by atoms with van der Waals surface area (Å²) in [5.41, 5.74) is -1.09. The van der Waals surface area contributed by atoms with Crippen LogP contribution in [0.3, 0.4) is 0 Å². The van der Waals surface area contributed by atoms with Crippen molar-refractivity contribution in [3.8, 4) is 0 Å². The van der Waals surface area contributed by atoms with Gasteiger partial charge in [-0.25, -0.2) is 4.21 Å². The van der Waals surface area contributed by atoms with E-state index in [2.05, 4.69) is 0 Å². The minimum absolute atomic E-state index is 0.0570. The Kier molecular flexibility index (Phi) is 7.44. The number of ether oxygens (including phenoxy) is 2. The van der Waals surface area contributed by atoms with Crippen molar-refractivity contribution in [2.45, 2.75) is 69.2 Å². The number of rotatable bonds is 7. The first-order valence-corrected chi connectivity index (χ1v) is 9.50. The molecule has 2 fully saturated rings. The van der Waals surface area contributed by atoms with Gasteiger partial charge in [-0.2, -0.15) is 0 Å². The third-order valence-electron chi connectivity index (χ3n) is 5.82. The third-order valence-corrected chi connectivity index (χ3v) is 6.13. The molecule has 0 radical (unpaired) electrons. The maximum Gasteiger partial charge on any atom is 0.0949 e. The second-order valence-corrected chi connectivity index (χ2v) is 7.52. The molecule has 0 bridgehead atoms. The topological polar surface area (TPSA) is 88.0 Å². The first-order chi connectivity index (χ1) is 11.0. The van der Waals surface area contributed by atoms with Crippen LogP contribution < -0.4 is 0 Å². The molecule has 0 aliphatic heterocycles. The standard InChI is InChI=1S/C16H30O6S/c1-20-14-7-3-12(4-8-14)16(17,11-22-23(18)19)13-5-9-15(21-2)10-6-13/h12-15,17H,3-11H2,1-2H3,(H,18,19)/p-1. The Morgan fingerprint density at radius 2 is 1.35 bits per heavy atom. The van der Waals surface area contributed by atoms with E-state index in [1.165, 1.54) is 0 Å². The van der Waals surface area contributed by atoms with Crippen molar-refractivity contribution in [1.29, 1.82) is 0 Å². The number of hydrogen-bond donors (Lipinski definition) is 1. The van der Waals surface area contributed by atoms with Crippen LogP contribution in [0.2, 0.25) is 0 Å². The van der Waals surface area contributed by atoms with Gasteiger partial charge in [0, 0.05) is 14.2 Å². The quantitative estimate of drug-likeness (QED) is 0.707. The molecule has 2 rings (SSSR count). The van der Waals surface area contributed by atoms with Gasteiger partial charge in [0.2, 0.25) is 0 Å². The summed E-state index contributed by atoms with van der Waals surface area (Å²) >= 11 is -2.60. The first kappa shape index (κ1) is 19.3. The lowest BCUT2D eigenvalue weighted by molar-refractivity contribution is -0.131. The second kappa shape index (κ2) is 8.87. The molecule has 23 heavy (non-hydrogen) atoms. The van der Waals surface area contributed by atoms with Gasteiger partial charge in [-0.3, -0.25) is 4.18 Å². The SMILES string of the molecule is COC1CCC(C(O)(COS(=O)[O-])C2CCC(OC)CC2)CC1. The number of methoxy groups -OCH3 is 2. The highest BCUT2D eigenvalue weighted by molar-refractivity contribution is 7.74. The Hall–Kier alpha value is -0.0500. The van der Waals surface area contributed by atoms with Crippen molar-refractivity contribution in [2.75, 3.05) is 20.8 Å². The van der Waals surface area contributed by atoms with Crippen LogP contribution in [-0.2, 0) is 25.0 Å². The Balaban J connectivity index is 2.04. The normalized spacial score (nSPS) is 36.3. The van der Waals surface area contributed by atoms with Crippen molar-refractivity contribution in [3.05, 3.63) is 0 Å². The molecule has 1 N–H and O–H groups in total. The lowest BCUT2D eigenvalue weighted by Crippen LogP contribution is -2.52. The van der Waals surface area contributed by atoms with E-state index in [1.807, 2.05) is 0 Å². The molecule has 0 amide bonds. The van der Waals surface area contributed by atoms with Crippen molar-refractivity contribution in [2.24, 2.45) is 11.8 Å². The molecule has 0 heterocycles. The van der Waals surface area contributed by atoms with Crippen LogP contribution in [0.5, 0.6) is 0 Å². The van der Waals surface area contributed by atoms with E-state index in [9.17, 15) is 13.9 Å². The zero-order chi connectivity index (χ0) is 16.9. The molecule has 0 aromatic heterocycles. The fourth-order valence-corrected chi connectivity index (χ4v) is 4.59. The zero-order valence-corrected chi connectivity index (χ0v) is 14.9. The van der Waals surface area contributed by atoms with Gasteiger partial charge in [-0.1, -0.05) is 0 Å². The van der Waals surface area contributed by atoms with Crippen LogP contribution in [0.15, 0.2) is 0 Å². The minimum atomic E-state index is -2.60. The van der Waals surface area contributed by atoms with Gasteiger partial charge in [0.1, 0.15) is 0 Å². The molecule has 1 unspecified atom stereocenters. The van der Waals surface area contributed by atoms with E-state index in [0.717, 1.165) is 51.4 Å². The molecule has 7 heteroatoms. The fraction of sp³-hybridized carbons (Fsp3) is 1.00. The summed E-state index contributed by atoms with van der Waals surface area (Å²) in [5, 5.41) is 11.3. The van der Waals surface area contributed by atoms with Gasteiger partial charge in [-0.15, -0.1) is 0 Å². The van der Waals surface area contributed by atoms with Crippen LogP contribution in [0.4, 0.5) is 0 Å². The van der Waals surface area contributed by atoms with Crippen molar-refractivity contribution < 1.29 is 27.5 Å². The van der Waals surface area contributed by atoms with Gasteiger partial charge < -0.3 is 19.1 Å². The van der Waals surface area contributed by atoms with Crippen LogP contribution in [0, 0.1) is 11.8 Å². The Bertz CT molecular complexity index is 351. The molecule has 1 atom stereocenters. The van der Waals surface area contributed by atoms with Gasteiger partial charge in [0.05, 0.1) is 35.8 Å². The molecule has 136 valence electrons. The Morgan fingerprint density at radius 1 is 0.957 bits per heavy atom. The highest BCUT2D eigenvalue weighted by atomic mass is 32.2.